The molecule has 140 valence electrons. The van der Waals surface area contributed by atoms with Gasteiger partial charge in [0.25, 0.3) is 0 Å². The minimum atomic E-state index is -1.32. The molecule has 0 bridgehead atoms. The molecule has 8 heteroatoms. The summed E-state index contributed by atoms with van der Waals surface area (Å²) < 4.78 is 1.93. The Kier molecular flexibility index (Phi) is 4.47. The highest BCUT2D eigenvalue weighted by Crippen LogP contribution is 2.25. The van der Waals surface area contributed by atoms with Gasteiger partial charge in [0.15, 0.2) is 5.60 Å². The Morgan fingerprint density at radius 1 is 1.29 bits per heavy atom. The third kappa shape index (κ3) is 3.29. The molecule has 7 nitrogen and oxygen atoms in total. The molecule has 4 N–H and O–H groups in total. The molecule has 0 aliphatic heterocycles. The van der Waals surface area contributed by atoms with E-state index in [0.717, 1.165) is 28.0 Å². The quantitative estimate of drug-likeness (QED) is 0.465. The molecule has 3 heterocycles. The van der Waals surface area contributed by atoms with Crippen molar-refractivity contribution in [2.24, 2.45) is 0 Å². The van der Waals surface area contributed by atoms with Crippen LogP contribution >= 0.6 is 11.3 Å². The minimum absolute atomic E-state index is 0.221. The Labute approximate surface area is 165 Å². The second-order valence-corrected chi connectivity index (χ2v) is 7.23. The normalized spacial score (nSPS) is 13.0. The van der Waals surface area contributed by atoms with Crippen LogP contribution in [0.1, 0.15) is 17.5 Å². The summed E-state index contributed by atoms with van der Waals surface area (Å²) in [6.45, 7) is 1.64. The number of nitrogen functional groups attached to an aromatic ring is 1. The fraction of sp³-hybridized carbons (Fsp3) is 0.150. The van der Waals surface area contributed by atoms with E-state index in [1.165, 1.54) is 11.3 Å². The summed E-state index contributed by atoms with van der Waals surface area (Å²) in [4.78, 5) is 12.5. The van der Waals surface area contributed by atoms with Crippen LogP contribution in [0.4, 0.5) is 11.6 Å². The number of fused-ring (bicyclic) bond motifs is 1. The third-order valence-corrected chi connectivity index (χ3v) is 5.27. The summed E-state index contributed by atoms with van der Waals surface area (Å²) in [6, 6.07) is 7.77. The van der Waals surface area contributed by atoms with Gasteiger partial charge in [0, 0.05) is 53.3 Å². The second kappa shape index (κ2) is 6.96. The van der Waals surface area contributed by atoms with Crippen LogP contribution in [0.15, 0.2) is 48.2 Å². The van der Waals surface area contributed by atoms with Crippen LogP contribution in [0.5, 0.6) is 0 Å². The van der Waals surface area contributed by atoms with Gasteiger partial charge in [-0.1, -0.05) is 11.8 Å². The molecule has 4 aromatic rings. The molecule has 4 rings (SSSR count). The Balaban J connectivity index is 1.79. The van der Waals surface area contributed by atoms with E-state index in [4.69, 9.17) is 5.73 Å². The molecule has 0 amide bonds. The van der Waals surface area contributed by atoms with Gasteiger partial charge in [-0.15, -0.1) is 11.3 Å². The van der Waals surface area contributed by atoms with Crippen molar-refractivity contribution < 1.29 is 5.11 Å². The SMILES string of the molecule is CNc1ccc(-n2ccc3cnc(N)nc32)cc1C#CC(C)(O)c1nccs1. The van der Waals surface area contributed by atoms with Crippen LogP contribution in [-0.2, 0) is 5.60 Å². The van der Waals surface area contributed by atoms with Crippen LogP contribution in [0.25, 0.3) is 16.7 Å². The van der Waals surface area contributed by atoms with Crippen LogP contribution in [0, 0.1) is 11.8 Å². The van der Waals surface area contributed by atoms with E-state index in [2.05, 4.69) is 32.1 Å². The van der Waals surface area contributed by atoms with Crippen molar-refractivity contribution in [2.45, 2.75) is 12.5 Å². The summed E-state index contributed by atoms with van der Waals surface area (Å²) in [7, 11) is 1.83. The van der Waals surface area contributed by atoms with Crippen LogP contribution < -0.4 is 11.1 Å². The van der Waals surface area contributed by atoms with Gasteiger partial charge in [0.1, 0.15) is 10.7 Å². The van der Waals surface area contributed by atoms with Crippen molar-refractivity contribution in [1.82, 2.24) is 19.5 Å². The maximum atomic E-state index is 10.6. The average molecular weight is 390 g/mol. The molecular formula is C20H18N6OS. The van der Waals surface area contributed by atoms with Gasteiger partial charge in [-0.2, -0.15) is 4.98 Å². The van der Waals surface area contributed by atoms with Crippen LogP contribution in [-0.4, -0.2) is 31.7 Å². The highest BCUT2D eigenvalue weighted by Gasteiger charge is 2.23. The maximum Gasteiger partial charge on any atom is 0.221 e. The van der Waals surface area contributed by atoms with Crippen molar-refractivity contribution in [2.75, 3.05) is 18.1 Å². The number of nitrogens with two attached hydrogens (primary N) is 1. The Hall–Kier alpha value is -3.41. The zero-order valence-corrected chi connectivity index (χ0v) is 16.2. The number of nitrogens with zero attached hydrogens (tertiary/aromatic N) is 4. The number of nitrogens with one attached hydrogen (secondary N) is 1. The topological polar surface area (TPSA) is 102 Å². The first-order valence-corrected chi connectivity index (χ1v) is 9.43. The number of hydrogen-bond acceptors (Lipinski definition) is 7. The summed E-state index contributed by atoms with van der Waals surface area (Å²) in [5, 5.41) is 17.0. The van der Waals surface area contributed by atoms with Gasteiger partial charge < -0.3 is 20.7 Å². The second-order valence-electron chi connectivity index (χ2n) is 6.33. The predicted molar refractivity (Wildman–Crippen MR) is 111 cm³/mol. The van der Waals surface area contributed by atoms with Gasteiger partial charge in [-0.3, -0.25) is 0 Å². The van der Waals surface area contributed by atoms with E-state index < -0.39 is 5.60 Å². The number of thiazole rings is 1. The number of hydrogen-bond donors (Lipinski definition) is 3. The first kappa shape index (κ1) is 18.0. The van der Waals surface area contributed by atoms with Gasteiger partial charge in [0.05, 0.1) is 0 Å². The fourth-order valence-corrected chi connectivity index (χ4v) is 3.50. The Morgan fingerprint density at radius 2 is 2.14 bits per heavy atom. The molecule has 0 aliphatic rings. The van der Waals surface area contributed by atoms with Crippen molar-refractivity contribution in [3.05, 3.63) is 58.8 Å². The number of aliphatic hydroxyl groups is 1. The van der Waals surface area contributed by atoms with Crippen molar-refractivity contribution in [1.29, 1.82) is 0 Å². The lowest BCUT2D eigenvalue weighted by Crippen LogP contribution is -2.18. The summed E-state index contributed by atoms with van der Waals surface area (Å²) >= 11 is 1.37. The van der Waals surface area contributed by atoms with Crippen LogP contribution in [0.2, 0.25) is 0 Å². The lowest BCUT2D eigenvalue weighted by Gasteiger charge is -2.13. The van der Waals surface area contributed by atoms with E-state index in [1.54, 1.807) is 19.3 Å². The Bertz CT molecular complexity index is 1200. The molecule has 0 fully saturated rings. The number of rotatable bonds is 3. The molecule has 28 heavy (non-hydrogen) atoms. The van der Waals surface area contributed by atoms with Gasteiger partial charge in [-0.05, 0) is 31.2 Å². The zero-order valence-electron chi connectivity index (χ0n) is 15.3. The lowest BCUT2D eigenvalue weighted by molar-refractivity contribution is 0.122. The van der Waals surface area contributed by atoms with Crippen molar-refractivity contribution >= 4 is 34.0 Å². The molecule has 1 unspecified atom stereocenters. The highest BCUT2D eigenvalue weighted by atomic mass is 32.1. The number of benzene rings is 1. The van der Waals surface area contributed by atoms with E-state index in [9.17, 15) is 5.11 Å². The average Bonchev–Trinajstić information content (AvgIpc) is 3.36. The molecule has 3 aromatic heterocycles. The number of aromatic nitrogens is 4. The summed E-state index contributed by atoms with van der Waals surface area (Å²) in [5.74, 6) is 6.24. The maximum absolute atomic E-state index is 10.6. The first-order chi connectivity index (χ1) is 13.5. The van der Waals surface area contributed by atoms with E-state index in [1.807, 2.05) is 47.5 Å². The lowest BCUT2D eigenvalue weighted by atomic mass is 10.1. The highest BCUT2D eigenvalue weighted by molar-refractivity contribution is 7.09. The van der Waals surface area contributed by atoms with Crippen molar-refractivity contribution in [3.63, 3.8) is 0 Å². The predicted octanol–water partition coefficient (Wildman–Crippen LogP) is 2.76. The molecule has 1 atom stereocenters. The van der Waals surface area contributed by atoms with Crippen molar-refractivity contribution in [3.8, 4) is 17.5 Å². The zero-order chi connectivity index (χ0) is 19.7. The first-order valence-electron chi connectivity index (χ1n) is 8.55. The summed E-state index contributed by atoms with van der Waals surface area (Å²) in [6.07, 6.45) is 5.26. The van der Waals surface area contributed by atoms with Gasteiger partial charge in [0.2, 0.25) is 5.95 Å². The fourth-order valence-electron chi connectivity index (χ4n) is 2.85. The van der Waals surface area contributed by atoms with E-state index in [-0.39, 0.29) is 5.95 Å². The van der Waals surface area contributed by atoms with Gasteiger partial charge in [-0.25, -0.2) is 9.97 Å². The molecule has 0 saturated heterocycles. The third-order valence-electron chi connectivity index (χ3n) is 4.29. The Morgan fingerprint density at radius 3 is 2.89 bits per heavy atom. The molecule has 0 spiro atoms. The van der Waals surface area contributed by atoms with E-state index in [0.29, 0.717) is 5.01 Å². The smallest absolute Gasteiger partial charge is 0.221 e. The molecule has 0 aliphatic carbocycles. The van der Waals surface area contributed by atoms with Crippen LogP contribution in [0.3, 0.4) is 0 Å². The number of anilines is 2. The minimum Gasteiger partial charge on any atom is -0.387 e. The van der Waals surface area contributed by atoms with Gasteiger partial charge >= 0.3 is 0 Å². The molecular weight excluding hydrogens is 372 g/mol. The monoisotopic (exact) mass is 390 g/mol. The molecule has 0 saturated carbocycles. The standard InChI is InChI=1S/C20H18N6OS/c1-20(27,18-23-8-10-28-18)7-5-13-11-15(3-4-16(13)22-2)26-9-6-14-12-24-19(21)25-17(14)26/h3-4,6,8-12,22,27H,1-2H3,(H2,21,24,25). The molecule has 1 aromatic carbocycles. The van der Waals surface area contributed by atoms with E-state index >= 15 is 0 Å². The molecule has 0 radical (unpaired) electrons. The largest absolute Gasteiger partial charge is 0.387 e. The summed E-state index contributed by atoms with van der Waals surface area (Å²) in [5.41, 5.74) is 7.63.